The highest BCUT2D eigenvalue weighted by molar-refractivity contribution is 5.93. The lowest BCUT2D eigenvalue weighted by atomic mass is 9.71. The molecule has 2 aromatic heterocycles. The first-order chi connectivity index (χ1) is 20.8. The van der Waals surface area contributed by atoms with E-state index in [4.69, 9.17) is 19.2 Å². The minimum atomic E-state index is -0.366. The summed E-state index contributed by atoms with van der Waals surface area (Å²) in [5.41, 5.74) is 4.28. The molecule has 8 rings (SSSR count). The van der Waals surface area contributed by atoms with Crippen molar-refractivity contribution in [1.82, 2.24) is 20.0 Å². The van der Waals surface area contributed by atoms with E-state index < -0.39 is 0 Å². The summed E-state index contributed by atoms with van der Waals surface area (Å²) in [5, 5.41) is 21.7. The van der Waals surface area contributed by atoms with Crippen LogP contribution in [0.25, 0.3) is 11.5 Å². The maximum atomic E-state index is 12.3. The largest absolute Gasteiger partial charge is 0.461 e. The summed E-state index contributed by atoms with van der Waals surface area (Å²) in [6.45, 7) is 7.53. The fourth-order valence-electron chi connectivity index (χ4n) is 6.54. The molecule has 3 saturated heterocycles. The number of hydrogen-bond donors (Lipinski definition) is 3. The minimum absolute atomic E-state index is 0.0384. The number of carbonyl (C=O) groups is 1. The Morgan fingerprint density at radius 2 is 1.79 bits per heavy atom. The van der Waals surface area contributed by atoms with E-state index in [0.717, 1.165) is 61.5 Å². The maximum Gasteiger partial charge on any atom is 0.338 e. The van der Waals surface area contributed by atoms with Gasteiger partial charge in [-0.15, -0.1) is 0 Å². The van der Waals surface area contributed by atoms with Gasteiger partial charge in [0.25, 0.3) is 5.89 Å². The van der Waals surface area contributed by atoms with Crippen LogP contribution in [0.4, 0.5) is 17.2 Å². The molecule has 43 heavy (non-hydrogen) atoms. The number of ether oxygens (including phenoxy) is 1. The third-order valence-corrected chi connectivity index (χ3v) is 9.27. The minimum Gasteiger partial charge on any atom is -0.461 e. The van der Waals surface area contributed by atoms with Gasteiger partial charge in [0, 0.05) is 28.8 Å². The molecule has 2 aromatic carbocycles. The van der Waals surface area contributed by atoms with Crippen LogP contribution in [-0.2, 0) is 15.6 Å². The first-order valence-corrected chi connectivity index (χ1v) is 14.9. The van der Waals surface area contributed by atoms with Crippen molar-refractivity contribution in [2.75, 3.05) is 43.5 Å². The molecule has 6 heterocycles. The standard InChI is InChI=1S/C33H36N6O4/c1-32(2)20-42-30(41)23-9-8-22(16-25(23)32)35-28-17-26(36-27(19-40)21-6-4-3-5-7-21)24(18-34-28)29-37-31(38-43-29)33-10-13-39(14-11-33)15-12-33/h3-9,16-18,27,40H,10-15,19-20H2,1-2H3,(H2,34,35,36)/t27-/m1/s1. The molecule has 3 N–H and O–H groups in total. The van der Waals surface area contributed by atoms with Gasteiger partial charge in [-0.2, -0.15) is 4.98 Å². The number of hydrogen-bond acceptors (Lipinski definition) is 10. The Labute approximate surface area is 250 Å². The lowest BCUT2D eigenvalue weighted by Gasteiger charge is -2.46. The molecule has 10 nitrogen and oxygen atoms in total. The summed E-state index contributed by atoms with van der Waals surface area (Å²) >= 11 is 0. The predicted octanol–water partition coefficient (Wildman–Crippen LogP) is 5.21. The van der Waals surface area contributed by atoms with E-state index in [1.807, 2.05) is 48.5 Å². The summed E-state index contributed by atoms with van der Waals surface area (Å²) in [6.07, 6.45) is 4.83. The van der Waals surface area contributed by atoms with E-state index >= 15 is 0 Å². The van der Waals surface area contributed by atoms with Crippen molar-refractivity contribution in [2.45, 2.75) is 50.0 Å². The molecule has 0 aliphatic carbocycles. The van der Waals surface area contributed by atoms with Crippen molar-refractivity contribution in [1.29, 1.82) is 0 Å². The monoisotopic (exact) mass is 580 g/mol. The average molecular weight is 581 g/mol. The molecule has 0 amide bonds. The van der Waals surface area contributed by atoms with Crippen molar-refractivity contribution in [3.8, 4) is 11.5 Å². The number of benzene rings is 2. The third kappa shape index (κ3) is 5.14. The zero-order valence-corrected chi connectivity index (χ0v) is 24.5. The first-order valence-electron chi connectivity index (χ1n) is 14.9. The Bertz CT molecular complexity index is 1630. The molecule has 0 radical (unpaired) electrons. The average Bonchev–Trinajstić information content (AvgIpc) is 3.55. The summed E-state index contributed by atoms with van der Waals surface area (Å²) in [7, 11) is 0. The SMILES string of the molecule is CC1(C)COC(=O)c2ccc(Nc3cc(N[C@H](CO)c4ccccc4)c(-c4nc(C56CCN(CC5)CC6)no4)cn3)cc21. The first kappa shape index (κ1) is 27.5. The molecule has 4 aliphatic rings. The second kappa shape index (κ2) is 10.8. The van der Waals surface area contributed by atoms with Crippen LogP contribution in [0.5, 0.6) is 0 Å². The van der Waals surface area contributed by atoms with E-state index in [0.29, 0.717) is 35.1 Å². The summed E-state index contributed by atoms with van der Waals surface area (Å²) in [4.78, 5) is 24.5. The molecular weight excluding hydrogens is 544 g/mol. The molecule has 3 fully saturated rings. The van der Waals surface area contributed by atoms with Gasteiger partial charge in [-0.25, -0.2) is 9.78 Å². The van der Waals surface area contributed by atoms with Crippen LogP contribution >= 0.6 is 0 Å². The second-order valence-electron chi connectivity index (χ2n) is 12.5. The smallest absolute Gasteiger partial charge is 0.338 e. The number of piperidine rings is 3. The number of cyclic esters (lactones) is 1. The van der Waals surface area contributed by atoms with Crippen molar-refractivity contribution in [2.24, 2.45) is 0 Å². The summed E-state index contributed by atoms with van der Waals surface area (Å²) < 4.78 is 11.2. The number of esters is 1. The van der Waals surface area contributed by atoms with Crippen molar-refractivity contribution in [3.05, 3.63) is 83.3 Å². The molecule has 1 atom stereocenters. The number of aliphatic hydroxyl groups is 1. The molecule has 2 bridgehead atoms. The Balaban J connectivity index is 1.23. The fourth-order valence-corrected chi connectivity index (χ4v) is 6.54. The number of aromatic nitrogens is 3. The number of nitrogens with one attached hydrogen (secondary N) is 2. The molecule has 0 spiro atoms. The number of aliphatic hydroxyl groups excluding tert-OH is 1. The number of rotatable bonds is 8. The van der Waals surface area contributed by atoms with Crippen LogP contribution in [0.3, 0.4) is 0 Å². The van der Waals surface area contributed by atoms with Crippen LogP contribution in [0.1, 0.15) is 66.5 Å². The van der Waals surface area contributed by atoms with Gasteiger partial charge in [-0.05, 0) is 68.2 Å². The normalized spacial score (nSPS) is 22.9. The summed E-state index contributed by atoms with van der Waals surface area (Å²) in [5.74, 6) is 1.46. The third-order valence-electron chi connectivity index (χ3n) is 9.27. The summed E-state index contributed by atoms with van der Waals surface area (Å²) in [6, 6.07) is 17.0. The van der Waals surface area contributed by atoms with E-state index in [-0.39, 0.29) is 29.4 Å². The van der Waals surface area contributed by atoms with Gasteiger partial charge < -0.3 is 29.9 Å². The van der Waals surface area contributed by atoms with Crippen LogP contribution < -0.4 is 10.6 Å². The quantitative estimate of drug-likeness (QED) is 0.239. The fraction of sp³-hybridized carbons (Fsp3) is 0.394. The van der Waals surface area contributed by atoms with Gasteiger partial charge in [0.2, 0.25) is 0 Å². The Hall–Kier alpha value is -4.28. The van der Waals surface area contributed by atoms with Gasteiger partial charge in [0.15, 0.2) is 5.82 Å². The van der Waals surface area contributed by atoms with E-state index in [1.165, 1.54) is 0 Å². The highest BCUT2D eigenvalue weighted by Gasteiger charge is 2.44. The van der Waals surface area contributed by atoms with Crippen LogP contribution in [0, 0.1) is 0 Å². The van der Waals surface area contributed by atoms with Gasteiger partial charge >= 0.3 is 5.97 Å². The molecule has 0 saturated carbocycles. The number of pyridine rings is 1. The Morgan fingerprint density at radius 1 is 1.02 bits per heavy atom. The van der Waals surface area contributed by atoms with Gasteiger partial charge in [0.05, 0.1) is 29.5 Å². The van der Waals surface area contributed by atoms with Crippen LogP contribution in [-0.4, -0.2) is 63.9 Å². The van der Waals surface area contributed by atoms with E-state index in [9.17, 15) is 9.90 Å². The highest BCUT2D eigenvalue weighted by Crippen LogP contribution is 2.43. The van der Waals surface area contributed by atoms with Crippen LogP contribution in [0.15, 0.2) is 65.3 Å². The topological polar surface area (TPSA) is 126 Å². The maximum absolute atomic E-state index is 12.3. The zero-order chi connectivity index (χ0) is 29.6. The molecule has 4 aliphatic heterocycles. The number of carbonyl (C=O) groups excluding carboxylic acids is 1. The van der Waals surface area contributed by atoms with Crippen molar-refractivity contribution < 1.29 is 19.2 Å². The van der Waals surface area contributed by atoms with E-state index in [1.54, 1.807) is 12.3 Å². The van der Waals surface area contributed by atoms with Crippen molar-refractivity contribution in [3.63, 3.8) is 0 Å². The van der Waals surface area contributed by atoms with Gasteiger partial charge in [0.1, 0.15) is 12.4 Å². The second-order valence-corrected chi connectivity index (χ2v) is 12.5. The molecule has 10 heteroatoms. The lowest BCUT2D eigenvalue weighted by molar-refractivity contribution is 0.0373. The van der Waals surface area contributed by atoms with Gasteiger partial charge in [-0.3, -0.25) is 0 Å². The Morgan fingerprint density at radius 3 is 2.53 bits per heavy atom. The molecular formula is C33H36N6O4. The van der Waals surface area contributed by atoms with Crippen molar-refractivity contribution >= 4 is 23.2 Å². The number of nitrogens with zero attached hydrogens (tertiary/aromatic N) is 4. The van der Waals surface area contributed by atoms with Gasteiger partial charge in [-0.1, -0.05) is 49.3 Å². The zero-order valence-electron chi connectivity index (χ0n) is 24.5. The number of anilines is 3. The number of fused-ring (bicyclic) bond motifs is 4. The highest BCUT2D eigenvalue weighted by atomic mass is 16.5. The molecule has 222 valence electrons. The molecule has 0 unspecified atom stereocenters. The lowest BCUT2D eigenvalue weighted by Crippen LogP contribution is -2.51. The van der Waals surface area contributed by atoms with Crippen LogP contribution in [0.2, 0.25) is 0 Å². The van der Waals surface area contributed by atoms with E-state index in [2.05, 4.69) is 34.5 Å². The predicted molar refractivity (Wildman–Crippen MR) is 162 cm³/mol. The molecule has 4 aromatic rings. The Kier molecular flexibility index (Phi) is 6.90.